The Kier molecular flexibility index (Phi) is 4.91. The van der Waals surface area contributed by atoms with E-state index in [1.807, 2.05) is 49.5 Å². The van der Waals surface area contributed by atoms with Gasteiger partial charge in [-0.25, -0.2) is 0 Å². The lowest BCUT2D eigenvalue weighted by Gasteiger charge is -2.24. The first kappa shape index (κ1) is 15.8. The third-order valence-electron chi connectivity index (χ3n) is 3.74. The summed E-state index contributed by atoms with van der Waals surface area (Å²) in [7, 11) is 1.82. The monoisotopic (exact) mass is 319 g/mol. The molecular formula is C19H21N5. The van der Waals surface area contributed by atoms with Crippen LogP contribution in [-0.2, 0) is 13.1 Å². The maximum atomic E-state index is 5.87. The Morgan fingerprint density at radius 1 is 0.875 bits per heavy atom. The van der Waals surface area contributed by atoms with E-state index in [0.717, 1.165) is 18.9 Å². The number of hydrogen-bond donors (Lipinski definition) is 2. The van der Waals surface area contributed by atoms with Crippen LogP contribution in [0.15, 0.2) is 66.7 Å². The average Bonchev–Trinajstić information content (AvgIpc) is 2.62. The highest BCUT2D eigenvalue weighted by atomic mass is 15.2. The minimum absolute atomic E-state index is 0.267. The van der Waals surface area contributed by atoms with Crippen LogP contribution in [0.3, 0.4) is 0 Å². The van der Waals surface area contributed by atoms with Gasteiger partial charge in [0.25, 0.3) is 0 Å². The molecule has 0 saturated carbocycles. The second-order valence-electron chi connectivity index (χ2n) is 5.55. The van der Waals surface area contributed by atoms with E-state index in [9.17, 15) is 0 Å². The van der Waals surface area contributed by atoms with E-state index in [1.54, 1.807) is 0 Å². The van der Waals surface area contributed by atoms with Crippen LogP contribution in [-0.4, -0.2) is 17.0 Å². The van der Waals surface area contributed by atoms with E-state index < -0.39 is 0 Å². The lowest BCUT2D eigenvalue weighted by Crippen LogP contribution is -2.24. The molecule has 0 saturated heterocycles. The van der Waals surface area contributed by atoms with Gasteiger partial charge in [0, 0.05) is 26.2 Å². The number of benzene rings is 2. The standard InChI is InChI=1S/C19H21N5/c1-21-17-12-18(23-19(20)22-17)24(13-15-8-4-2-5-9-15)14-16-10-6-3-7-11-16/h2-12H,13-14H2,1H3,(H3,20,21,22,23). The fourth-order valence-electron chi connectivity index (χ4n) is 2.57. The smallest absolute Gasteiger partial charge is 0.223 e. The number of nitrogens with two attached hydrogens (primary N) is 1. The number of aromatic nitrogens is 2. The molecule has 0 aliphatic carbocycles. The predicted molar refractivity (Wildman–Crippen MR) is 98.8 cm³/mol. The molecule has 0 atom stereocenters. The molecule has 5 nitrogen and oxygen atoms in total. The van der Waals surface area contributed by atoms with E-state index in [1.165, 1.54) is 11.1 Å². The highest BCUT2D eigenvalue weighted by molar-refractivity contribution is 5.53. The molecule has 1 aromatic heterocycles. The van der Waals surface area contributed by atoms with Gasteiger partial charge in [-0.2, -0.15) is 9.97 Å². The summed E-state index contributed by atoms with van der Waals surface area (Å²) in [6.45, 7) is 1.49. The van der Waals surface area contributed by atoms with Crippen molar-refractivity contribution < 1.29 is 0 Å². The molecular weight excluding hydrogens is 298 g/mol. The minimum Gasteiger partial charge on any atom is -0.373 e. The molecule has 0 spiro atoms. The van der Waals surface area contributed by atoms with E-state index >= 15 is 0 Å². The van der Waals surface area contributed by atoms with Crippen molar-refractivity contribution in [3.05, 3.63) is 77.9 Å². The Hall–Kier alpha value is -3.08. The summed E-state index contributed by atoms with van der Waals surface area (Å²) in [6.07, 6.45) is 0. The molecule has 0 bridgehead atoms. The quantitative estimate of drug-likeness (QED) is 0.729. The summed E-state index contributed by atoms with van der Waals surface area (Å²) in [5.41, 5.74) is 8.31. The van der Waals surface area contributed by atoms with Gasteiger partial charge in [0.05, 0.1) is 0 Å². The van der Waals surface area contributed by atoms with Gasteiger partial charge in [-0.3, -0.25) is 0 Å². The fraction of sp³-hybridized carbons (Fsp3) is 0.158. The van der Waals surface area contributed by atoms with Gasteiger partial charge in [0.1, 0.15) is 11.6 Å². The molecule has 3 rings (SSSR count). The van der Waals surface area contributed by atoms with Gasteiger partial charge in [-0.05, 0) is 11.1 Å². The third-order valence-corrected chi connectivity index (χ3v) is 3.74. The average molecular weight is 319 g/mol. The van der Waals surface area contributed by atoms with Crippen molar-refractivity contribution >= 4 is 17.6 Å². The molecule has 0 fully saturated rings. The molecule has 0 radical (unpaired) electrons. The minimum atomic E-state index is 0.267. The molecule has 3 N–H and O–H groups in total. The van der Waals surface area contributed by atoms with Crippen LogP contribution >= 0.6 is 0 Å². The summed E-state index contributed by atoms with van der Waals surface area (Å²) in [6, 6.07) is 22.6. The van der Waals surface area contributed by atoms with E-state index in [0.29, 0.717) is 5.82 Å². The van der Waals surface area contributed by atoms with Crippen molar-refractivity contribution in [2.75, 3.05) is 23.0 Å². The van der Waals surface area contributed by atoms with Crippen molar-refractivity contribution in [1.29, 1.82) is 0 Å². The van der Waals surface area contributed by atoms with Gasteiger partial charge in [0.15, 0.2) is 0 Å². The summed E-state index contributed by atoms with van der Waals surface area (Å²) in [4.78, 5) is 10.8. The maximum absolute atomic E-state index is 5.87. The van der Waals surface area contributed by atoms with Gasteiger partial charge in [-0.1, -0.05) is 60.7 Å². The SMILES string of the molecule is CNc1cc(N(Cc2ccccc2)Cc2ccccc2)nc(N)n1. The Balaban J connectivity index is 1.93. The number of rotatable bonds is 6. The molecule has 2 aromatic carbocycles. The lowest BCUT2D eigenvalue weighted by molar-refractivity contribution is 0.782. The number of nitrogen functional groups attached to an aromatic ring is 1. The van der Waals surface area contributed by atoms with Crippen LogP contribution in [0.5, 0.6) is 0 Å². The first-order valence-corrected chi connectivity index (χ1v) is 7.89. The van der Waals surface area contributed by atoms with E-state index in [2.05, 4.69) is 44.5 Å². The lowest BCUT2D eigenvalue weighted by atomic mass is 10.1. The molecule has 24 heavy (non-hydrogen) atoms. The molecule has 5 heteroatoms. The maximum Gasteiger partial charge on any atom is 0.223 e. The highest BCUT2D eigenvalue weighted by Crippen LogP contribution is 2.21. The predicted octanol–water partition coefficient (Wildman–Crippen LogP) is 3.31. The zero-order valence-corrected chi connectivity index (χ0v) is 13.7. The second kappa shape index (κ2) is 7.46. The van der Waals surface area contributed by atoms with Crippen molar-refractivity contribution in [2.45, 2.75) is 13.1 Å². The zero-order valence-electron chi connectivity index (χ0n) is 13.7. The number of nitrogens with one attached hydrogen (secondary N) is 1. The molecule has 122 valence electrons. The topological polar surface area (TPSA) is 67.1 Å². The van der Waals surface area contributed by atoms with Crippen LogP contribution in [0.1, 0.15) is 11.1 Å². The second-order valence-corrected chi connectivity index (χ2v) is 5.55. The summed E-state index contributed by atoms with van der Waals surface area (Å²) in [5, 5.41) is 3.03. The molecule has 3 aromatic rings. The van der Waals surface area contributed by atoms with Crippen LogP contribution in [0.4, 0.5) is 17.6 Å². The fourth-order valence-corrected chi connectivity index (χ4v) is 2.57. The van der Waals surface area contributed by atoms with Gasteiger partial charge in [-0.15, -0.1) is 0 Å². The Morgan fingerprint density at radius 3 is 1.92 bits per heavy atom. The number of hydrogen-bond acceptors (Lipinski definition) is 5. The normalized spacial score (nSPS) is 10.4. The highest BCUT2D eigenvalue weighted by Gasteiger charge is 2.12. The van der Waals surface area contributed by atoms with Gasteiger partial charge < -0.3 is 16.0 Å². The molecule has 0 unspecified atom stereocenters. The summed E-state index contributed by atoms with van der Waals surface area (Å²) < 4.78 is 0. The molecule has 0 aliphatic rings. The summed E-state index contributed by atoms with van der Waals surface area (Å²) in [5.74, 6) is 1.78. The van der Waals surface area contributed by atoms with E-state index in [4.69, 9.17) is 5.73 Å². The van der Waals surface area contributed by atoms with Crippen LogP contribution < -0.4 is 16.0 Å². The number of nitrogens with zero attached hydrogens (tertiary/aromatic N) is 3. The van der Waals surface area contributed by atoms with Crippen LogP contribution in [0, 0.1) is 0 Å². The number of anilines is 3. The van der Waals surface area contributed by atoms with Crippen LogP contribution in [0.2, 0.25) is 0 Å². The Bertz CT molecular complexity index is 733. The van der Waals surface area contributed by atoms with Crippen molar-refractivity contribution in [3.63, 3.8) is 0 Å². The first-order chi connectivity index (χ1) is 11.7. The van der Waals surface area contributed by atoms with Gasteiger partial charge in [0.2, 0.25) is 5.95 Å². The molecule has 0 aliphatic heterocycles. The van der Waals surface area contributed by atoms with Crippen molar-refractivity contribution in [1.82, 2.24) is 9.97 Å². The van der Waals surface area contributed by atoms with Crippen molar-refractivity contribution in [2.24, 2.45) is 0 Å². The molecule has 1 heterocycles. The Labute approximate surface area is 142 Å². The third kappa shape index (κ3) is 4.01. The Morgan fingerprint density at radius 2 is 1.42 bits per heavy atom. The molecule has 0 amide bonds. The largest absolute Gasteiger partial charge is 0.373 e. The van der Waals surface area contributed by atoms with E-state index in [-0.39, 0.29) is 5.95 Å². The summed E-state index contributed by atoms with van der Waals surface area (Å²) >= 11 is 0. The van der Waals surface area contributed by atoms with Crippen LogP contribution in [0.25, 0.3) is 0 Å². The first-order valence-electron chi connectivity index (χ1n) is 7.89. The van der Waals surface area contributed by atoms with Gasteiger partial charge >= 0.3 is 0 Å². The van der Waals surface area contributed by atoms with Crippen molar-refractivity contribution in [3.8, 4) is 0 Å². The zero-order chi connectivity index (χ0) is 16.8.